The Morgan fingerprint density at radius 3 is 1.97 bits per heavy atom. The van der Waals surface area contributed by atoms with Crippen LogP contribution in [0.2, 0.25) is 0 Å². The molecule has 0 aliphatic rings. The van der Waals surface area contributed by atoms with Gasteiger partial charge in [-0.2, -0.15) is 0 Å². The van der Waals surface area contributed by atoms with Crippen LogP contribution in [0.4, 0.5) is 8.78 Å². The van der Waals surface area contributed by atoms with Gasteiger partial charge >= 0.3 is 5.97 Å². The first kappa shape index (κ1) is 29.6. The van der Waals surface area contributed by atoms with E-state index in [1.54, 1.807) is 44.2 Å². The Labute approximate surface area is 215 Å². The van der Waals surface area contributed by atoms with Crippen LogP contribution in [0.1, 0.15) is 89.4 Å². The van der Waals surface area contributed by atoms with E-state index >= 15 is 0 Å². The number of hydrogen-bond acceptors (Lipinski definition) is 4. The molecule has 4 nitrogen and oxygen atoms in total. The lowest BCUT2D eigenvalue weighted by atomic mass is 10.0. The van der Waals surface area contributed by atoms with Gasteiger partial charge in [0.25, 0.3) is 0 Å². The van der Waals surface area contributed by atoms with E-state index in [2.05, 4.69) is 6.92 Å². The first-order valence-corrected chi connectivity index (χ1v) is 13.3. The number of carbonyl (C=O) groups is 1. The summed E-state index contributed by atoms with van der Waals surface area (Å²) < 4.78 is 45.1. The standard InChI is InChI=1S/C30H42F2O4/c1-5-6-7-8-9-10-11-14-21-34-26-15-12-13-16-27(26)36-30(33)24-17-19-25(20-18-24)35-23(4)29(32)28(31)22(2)3/h12-13,15-20,22-23,28-29H,5-11,14,21H2,1-4H3/t23-,28+,29+/m0/s1. The lowest BCUT2D eigenvalue weighted by Crippen LogP contribution is -2.36. The molecule has 0 bridgehead atoms. The smallest absolute Gasteiger partial charge is 0.343 e. The van der Waals surface area contributed by atoms with Crippen LogP contribution in [-0.2, 0) is 0 Å². The Bertz CT molecular complexity index is 885. The molecule has 0 heterocycles. The van der Waals surface area contributed by atoms with Crippen molar-refractivity contribution >= 4 is 5.97 Å². The van der Waals surface area contributed by atoms with Crippen molar-refractivity contribution in [2.75, 3.05) is 6.61 Å². The molecule has 0 unspecified atom stereocenters. The van der Waals surface area contributed by atoms with Crippen molar-refractivity contribution in [2.45, 2.75) is 97.5 Å². The predicted molar refractivity (Wildman–Crippen MR) is 141 cm³/mol. The second-order valence-electron chi connectivity index (χ2n) is 9.64. The number of carbonyl (C=O) groups excluding carboxylic acids is 1. The Hall–Kier alpha value is -2.63. The number of esters is 1. The minimum atomic E-state index is -1.74. The van der Waals surface area contributed by atoms with Crippen molar-refractivity contribution in [1.82, 2.24) is 0 Å². The van der Waals surface area contributed by atoms with Crippen LogP contribution in [0.3, 0.4) is 0 Å². The molecule has 0 N–H and O–H groups in total. The maximum Gasteiger partial charge on any atom is 0.343 e. The van der Waals surface area contributed by atoms with Gasteiger partial charge in [0.05, 0.1) is 12.2 Å². The number of hydrogen-bond donors (Lipinski definition) is 0. The van der Waals surface area contributed by atoms with Gasteiger partial charge in [0.15, 0.2) is 17.7 Å². The van der Waals surface area contributed by atoms with E-state index in [1.165, 1.54) is 57.6 Å². The summed E-state index contributed by atoms with van der Waals surface area (Å²) in [7, 11) is 0. The fourth-order valence-electron chi connectivity index (χ4n) is 3.81. The van der Waals surface area contributed by atoms with Crippen LogP contribution in [0.25, 0.3) is 0 Å². The lowest BCUT2D eigenvalue weighted by molar-refractivity contribution is 0.0337. The molecule has 6 heteroatoms. The summed E-state index contributed by atoms with van der Waals surface area (Å²) >= 11 is 0. The Kier molecular flexibility index (Phi) is 13.3. The van der Waals surface area contributed by atoms with Crippen LogP contribution in [-0.4, -0.2) is 31.0 Å². The predicted octanol–water partition coefficient (Wildman–Crippen LogP) is 8.52. The average Bonchev–Trinajstić information content (AvgIpc) is 2.88. The fraction of sp³-hybridized carbons (Fsp3) is 0.567. The molecule has 2 aromatic carbocycles. The second kappa shape index (κ2) is 16.2. The number of halogens is 2. The summed E-state index contributed by atoms with van der Waals surface area (Å²) in [5.74, 6) is 0.272. The molecule has 0 saturated heterocycles. The topological polar surface area (TPSA) is 44.8 Å². The van der Waals surface area contributed by atoms with Gasteiger partial charge in [-0.1, -0.05) is 77.8 Å². The molecule has 0 spiro atoms. The van der Waals surface area contributed by atoms with Gasteiger partial charge in [0.2, 0.25) is 0 Å². The van der Waals surface area contributed by atoms with Crippen LogP contribution in [0, 0.1) is 5.92 Å². The molecule has 2 rings (SSSR count). The molecule has 0 amide bonds. The van der Waals surface area contributed by atoms with Gasteiger partial charge < -0.3 is 14.2 Å². The van der Waals surface area contributed by atoms with Crippen LogP contribution in [0.5, 0.6) is 17.2 Å². The second-order valence-corrected chi connectivity index (χ2v) is 9.64. The highest BCUT2D eigenvalue weighted by atomic mass is 19.2. The number of para-hydroxylation sites is 2. The monoisotopic (exact) mass is 504 g/mol. The van der Waals surface area contributed by atoms with Gasteiger partial charge in [0, 0.05) is 0 Å². The van der Waals surface area contributed by atoms with Gasteiger partial charge in [-0.15, -0.1) is 0 Å². The van der Waals surface area contributed by atoms with Crippen LogP contribution in [0.15, 0.2) is 48.5 Å². The van der Waals surface area contributed by atoms with E-state index < -0.39 is 30.3 Å². The first-order chi connectivity index (χ1) is 17.3. The van der Waals surface area contributed by atoms with Crippen molar-refractivity contribution in [3.63, 3.8) is 0 Å². The summed E-state index contributed by atoms with van der Waals surface area (Å²) in [4.78, 5) is 12.7. The van der Waals surface area contributed by atoms with Crippen molar-refractivity contribution < 1.29 is 27.8 Å². The molecule has 0 aliphatic carbocycles. The highest BCUT2D eigenvalue weighted by molar-refractivity contribution is 5.91. The molecular formula is C30H42F2O4. The maximum absolute atomic E-state index is 14.2. The molecule has 200 valence electrons. The summed E-state index contributed by atoms with van der Waals surface area (Å²) in [5, 5.41) is 0. The van der Waals surface area contributed by atoms with Gasteiger partial charge in [-0.25, -0.2) is 13.6 Å². The molecule has 0 aliphatic heterocycles. The van der Waals surface area contributed by atoms with E-state index in [4.69, 9.17) is 14.2 Å². The quantitative estimate of drug-likeness (QED) is 0.123. The van der Waals surface area contributed by atoms with Crippen LogP contribution >= 0.6 is 0 Å². The summed E-state index contributed by atoms with van der Waals surface area (Å²) in [6, 6.07) is 13.3. The maximum atomic E-state index is 14.2. The van der Waals surface area contributed by atoms with Gasteiger partial charge in [0.1, 0.15) is 18.0 Å². The summed E-state index contributed by atoms with van der Waals surface area (Å²) in [6.45, 7) is 7.54. The zero-order valence-corrected chi connectivity index (χ0v) is 22.2. The van der Waals surface area contributed by atoms with Crippen molar-refractivity contribution in [1.29, 1.82) is 0 Å². The molecule has 0 saturated carbocycles. The molecule has 3 atom stereocenters. The average molecular weight is 505 g/mol. The minimum absolute atomic E-state index is 0.315. The van der Waals surface area contributed by atoms with E-state index in [0.29, 0.717) is 29.4 Å². The molecule has 2 aromatic rings. The van der Waals surface area contributed by atoms with E-state index in [9.17, 15) is 13.6 Å². The summed E-state index contributed by atoms with van der Waals surface area (Å²) in [6.07, 6.45) is 5.44. The highest BCUT2D eigenvalue weighted by Gasteiger charge is 2.30. The number of rotatable bonds is 17. The van der Waals surface area contributed by atoms with Crippen LogP contribution < -0.4 is 14.2 Å². The van der Waals surface area contributed by atoms with E-state index in [1.807, 2.05) is 6.07 Å². The lowest BCUT2D eigenvalue weighted by Gasteiger charge is -2.23. The Morgan fingerprint density at radius 2 is 1.36 bits per heavy atom. The Morgan fingerprint density at radius 1 is 0.778 bits per heavy atom. The first-order valence-electron chi connectivity index (χ1n) is 13.3. The number of ether oxygens (including phenoxy) is 3. The SMILES string of the molecule is CCCCCCCCCCOc1ccccc1OC(=O)c1ccc(O[C@@H](C)[C@@H](F)[C@H](F)C(C)C)cc1. The number of alkyl halides is 2. The fourth-order valence-corrected chi connectivity index (χ4v) is 3.81. The van der Waals surface area contributed by atoms with Gasteiger partial charge in [-0.3, -0.25) is 0 Å². The molecular weight excluding hydrogens is 462 g/mol. The zero-order valence-electron chi connectivity index (χ0n) is 22.2. The molecule has 0 fully saturated rings. The van der Waals surface area contributed by atoms with Crippen molar-refractivity contribution in [3.05, 3.63) is 54.1 Å². The molecule has 0 radical (unpaired) electrons. The van der Waals surface area contributed by atoms with Gasteiger partial charge in [-0.05, 0) is 55.7 Å². The highest BCUT2D eigenvalue weighted by Crippen LogP contribution is 2.28. The Balaban J connectivity index is 1.83. The largest absolute Gasteiger partial charge is 0.490 e. The zero-order chi connectivity index (χ0) is 26.3. The van der Waals surface area contributed by atoms with Crippen molar-refractivity contribution in [2.24, 2.45) is 5.92 Å². The van der Waals surface area contributed by atoms with E-state index in [-0.39, 0.29) is 0 Å². The van der Waals surface area contributed by atoms with Crippen molar-refractivity contribution in [3.8, 4) is 17.2 Å². The summed E-state index contributed by atoms with van der Waals surface area (Å²) in [5.41, 5.74) is 0.315. The third kappa shape index (κ3) is 10.2. The third-order valence-corrected chi connectivity index (χ3v) is 6.11. The minimum Gasteiger partial charge on any atom is -0.490 e. The third-order valence-electron chi connectivity index (χ3n) is 6.11. The number of benzene rings is 2. The molecule has 0 aromatic heterocycles. The molecule has 36 heavy (non-hydrogen) atoms. The number of unbranched alkanes of at least 4 members (excludes halogenated alkanes) is 7. The van der Waals surface area contributed by atoms with E-state index in [0.717, 1.165) is 12.8 Å². The normalized spacial score (nSPS) is 13.8.